The van der Waals surface area contributed by atoms with Crippen molar-refractivity contribution >= 4 is 6.08 Å². The van der Waals surface area contributed by atoms with E-state index >= 15 is 0 Å². The Bertz CT molecular complexity index is 277. The van der Waals surface area contributed by atoms with Gasteiger partial charge in [-0.1, -0.05) is 36.4 Å². The maximum atomic E-state index is 9.27. The Kier molecular flexibility index (Phi) is 3.68. The second kappa shape index (κ2) is 4.80. The molecule has 1 aromatic carbocycles. The van der Waals surface area contributed by atoms with Crippen molar-refractivity contribution in [3.05, 3.63) is 41.5 Å². The molecular weight excluding hydrogens is 164 g/mol. The van der Waals surface area contributed by atoms with E-state index in [0.717, 1.165) is 11.1 Å². The van der Waals surface area contributed by atoms with E-state index in [1.165, 1.54) is 0 Å². The third-order valence-electron chi connectivity index (χ3n) is 1.89. The quantitative estimate of drug-likeness (QED) is 0.735. The molecule has 0 saturated heterocycles. The van der Waals surface area contributed by atoms with Gasteiger partial charge in [0.25, 0.3) is 0 Å². The largest absolute Gasteiger partial charge is 0.393 e. The van der Waals surface area contributed by atoms with E-state index in [1.807, 2.05) is 36.4 Å². The maximum Gasteiger partial charge on any atom is 0.0981 e. The number of hydrogen-bond acceptors (Lipinski definition) is 2. The van der Waals surface area contributed by atoms with Crippen LogP contribution in [0.5, 0.6) is 0 Å². The lowest BCUT2D eigenvalue weighted by Crippen LogP contribution is -2.12. The third kappa shape index (κ3) is 3.01. The minimum Gasteiger partial charge on any atom is -0.393 e. The lowest BCUT2D eigenvalue weighted by Gasteiger charge is -2.06. The fourth-order valence-electron chi connectivity index (χ4n) is 1.05. The second-order valence-electron chi connectivity index (χ2n) is 3.00. The first-order chi connectivity index (χ1) is 6.24. The van der Waals surface area contributed by atoms with Gasteiger partial charge >= 0.3 is 0 Å². The Morgan fingerprint density at radius 2 is 2.00 bits per heavy atom. The van der Waals surface area contributed by atoms with Crippen LogP contribution in [-0.4, -0.2) is 22.9 Å². The van der Waals surface area contributed by atoms with Gasteiger partial charge in [-0.25, -0.2) is 0 Å². The van der Waals surface area contributed by atoms with Crippen molar-refractivity contribution in [3.8, 4) is 0 Å². The lowest BCUT2D eigenvalue weighted by molar-refractivity contribution is 0.123. The van der Waals surface area contributed by atoms with Crippen molar-refractivity contribution in [2.24, 2.45) is 0 Å². The summed E-state index contributed by atoms with van der Waals surface area (Å²) in [5.41, 5.74) is 1.81. The summed E-state index contributed by atoms with van der Waals surface area (Å²) in [6, 6.07) is 9.71. The van der Waals surface area contributed by atoms with Gasteiger partial charge in [-0.2, -0.15) is 0 Å². The topological polar surface area (TPSA) is 40.5 Å². The smallest absolute Gasteiger partial charge is 0.0981 e. The van der Waals surface area contributed by atoms with Gasteiger partial charge in [0.2, 0.25) is 0 Å². The zero-order chi connectivity index (χ0) is 9.68. The molecule has 0 bridgehead atoms. The first-order valence-corrected chi connectivity index (χ1v) is 4.26. The molecule has 2 heteroatoms. The monoisotopic (exact) mass is 178 g/mol. The summed E-state index contributed by atoms with van der Waals surface area (Å²) in [6.45, 7) is 1.57. The van der Waals surface area contributed by atoms with E-state index in [1.54, 1.807) is 6.92 Å². The van der Waals surface area contributed by atoms with E-state index in [2.05, 4.69) is 0 Å². The highest BCUT2D eigenvalue weighted by Gasteiger charge is 2.02. The summed E-state index contributed by atoms with van der Waals surface area (Å²) in [7, 11) is 0. The van der Waals surface area contributed by atoms with Crippen LogP contribution in [0.4, 0.5) is 0 Å². The predicted octanol–water partition coefficient (Wildman–Crippen LogP) is 1.44. The van der Waals surface area contributed by atoms with Gasteiger partial charge in [0.05, 0.1) is 12.7 Å². The van der Waals surface area contributed by atoms with Crippen LogP contribution >= 0.6 is 0 Å². The number of aliphatic hydroxyl groups excluding tert-OH is 2. The number of aliphatic hydroxyl groups is 2. The van der Waals surface area contributed by atoms with Gasteiger partial charge in [-0.3, -0.25) is 0 Å². The molecular formula is C11H14O2. The van der Waals surface area contributed by atoms with Crippen LogP contribution in [0.3, 0.4) is 0 Å². The van der Waals surface area contributed by atoms with Gasteiger partial charge in [0, 0.05) is 0 Å². The van der Waals surface area contributed by atoms with Gasteiger partial charge in [-0.15, -0.1) is 0 Å². The fourth-order valence-corrected chi connectivity index (χ4v) is 1.05. The highest BCUT2D eigenvalue weighted by atomic mass is 16.3. The van der Waals surface area contributed by atoms with Crippen LogP contribution < -0.4 is 0 Å². The molecule has 0 aliphatic carbocycles. The number of hydrogen-bond donors (Lipinski definition) is 2. The molecule has 70 valence electrons. The molecule has 0 heterocycles. The molecule has 0 saturated carbocycles. The second-order valence-corrected chi connectivity index (χ2v) is 3.00. The summed E-state index contributed by atoms with van der Waals surface area (Å²) >= 11 is 0. The minimum atomic E-state index is -0.750. The SMILES string of the molecule is CC(=Cc1ccccc1)C(O)CO. The molecule has 0 amide bonds. The summed E-state index contributed by atoms with van der Waals surface area (Å²) in [5, 5.41) is 18.0. The molecule has 0 spiro atoms. The van der Waals surface area contributed by atoms with Crippen LogP contribution in [-0.2, 0) is 0 Å². The lowest BCUT2D eigenvalue weighted by atomic mass is 10.1. The van der Waals surface area contributed by atoms with Crippen molar-refractivity contribution in [3.63, 3.8) is 0 Å². The third-order valence-corrected chi connectivity index (χ3v) is 1.89. The number of rotatable bonds is 3. The maximum absolute atomic E-state index is 9.27. The molecule has 1 rings (SSSR count). The molecule has 1 aromatic rings. The highest BCUT2D eigenvalue weighted by molar-refractivity contribution is 5.52. The van der Waals surface area contributed by atoms with Gasteiger partial charge < -0.3 is 10.2 Å². The van der Waals surface area contributed by atoms with Crippen molar-refractivity contribution < 1.29 is 10.2 Å². The summed E-state index contributed by atoms with van der Waals surface area (Å²) in [4.78, 5) is 0. The van der Waals surface area contributed by atoms with Crippen molar-refractivity contribution in [2.75, 3.05) is 6.61 Å². The Morgan fingerprint density at radius 1 is 1.38 bits per heavy atom. The van der Waals surface area contributed by atoms with Gasteiger partial charge in [0.15, 0.2) is 0 Å². The summed E-state index contributed by atoms with van der Waals surface area (Å²) < 4.78 is 0. The summed E-state index contributed by atoms with van der Waals surface area (Å²) in [6.07, 6.45) is 1.11. The normalized spacial score (nSPS) is 14.2. The Labute approximate surface area is 78.2 Å². The molecule has 1 unspecified atom stereocenters. The van der Waals surface area contributed by atoms with E-state index in [4.69, 9.17) is 5.11 Å². The van der Waals surface area contributed by atoms with Gasteiger partial charge in [-0.05, 0) is 18.1 Å². The minimum absolute atomic E-state index is 0.227. The van der Waals surface area contributed by atoms with E-state index < -0.39 is 6.10 Å². The zero-order valence-corrected chi connectivity index (χ0v) is 7.64. The Balaban J connectivity index is 2.77. The van der Waals surface area contributed by atoms with E-state index in [-0.39, 0.29) is 6.61 Å². The molecule has 0 fully saturated rings. The van der Waals surface area contributed by atoms with Crippen molar-refractivity contribution in [2.45, 2.75) is 13.0 Å². The van der Waals surface area contributed by atoms with Crippen molar-refractivity contribution in [1.82, 2.24) is 0 Å². The van der Waals surface area contributed by atoms with Gasteiger partial charge in [0.1, 0.15) is 0 Å². The molecule has 1 atom stereocenters. The Morgan fingerprint density at radius 3 is 2.54 bits per heavy atom. The molecule has 2 nitrogen and oxygen atoms in total. The van der Waals surface area contributed by atoms with E-state index in [9.17, 15) is 5.11 Å². The molecule has 13 heavy (non-hydrogen) atoms. The highest BCUT2D eigenvalue weighted by Crippen LogP contribution is 2.08. The molecule has 0 radical (unpaired) electrons. The van der Waals surface area contributed by atoms with Crippen molar-refractivity contribution in [1.29, 1.82) is 0 Å². The number of benzene rings is 1. The average Bonchev–Trinajstić information content (AvgIpc) is 2.18. The van der Waals surface area contributed by atoms with Crippen LogP contribution in [0, 0.1) is 0 Å². The van der Waals surface area contributed by atoms with Crippen LogP contribution in [0.25, 0.3) is 6.08 Å². The van der Waals surface area contributed by atoms with E-state index in [0.29, 0.717) is 0 Å². The Hall–Kier alpha value is -1.12. The molecule has 0 aromatic heterocycles. The fraction of sp³-hybridized carbons (Fsp3) is 0.273. The van der Waals surface area contributed by atoms with Crippen LogP contribution in [0.15, 0.2) is 35.9 Å². The molecule has 0 aliphatic rings. The summed E-state index contributed by atoms with van der Waals surface area (Å²) in [5.74, 6) is 0. The average molecular weight is 178 g/mol. The predicted molar refractivity (Wildman–Crippen MR) is 53.2 cm³/mol. The first kappa shape index (κ1) is 9.96. The standard InChI is InChI=1S/C11H14O2/c1-9(11(13)8-12)7-10-5-3-2-4-6-10/h2-7,11-13H,8H2,1H3. The molecule has 2 N–H and O–H groups in total. The van der Waals surface area contributed by atoms with Crippen LogP contribution in [0.2, 0.25) is 0 Å². The van der Waals surface area contributed by atoms with Crippen LogP contribution in [0.1, 0.15) is 12.5 Å². The first-order valence-electron chi connectivity index (χ1n) is 4.26. The zero-order valence-electron chi connectivity index (χ0n) is 7.64. The molecule has 0 aliphatic heterocycles.